The third-order valence-corrected chi connectivity index (χ3v) is 8.17. The molecule has 2 aliphatic heterocycles. The first-order valence-electron chi connectivity index (χ1n) is 14.6. The number of alkyl halides is 6. The molecule has 0 bridgehead atoms. The average Bonchev–Trinajstić information content (AvgIpc) is 3.03. The molecule has 0 saturated carbocycles. The van der Waals surface area contributed by atoms with E-state index in [-0.39, 0.29) is 11.5 Å². The number of carbonyl (C=O) groups is 2. The molecule has 0 aromatic heterocycles. The van der Waals surface area contributed by atoms with Crippen molar-refractivity contribution in [3.63, 3.8) is 0 Å². The first-order valence-corrected chi connectivity index (χ1v) is 14.6. The number of halogens is 6. The summed E-state index contributed by atoms with van der Waals surface area (Å²) in [6.45, 7) is 7.06. The van der Waals surface area contributed by atoms with E-state index >= 15 is 0 Å². The van der Waals surface area contributed by atoms with Gasteiger partial charge >= 0.3 is 12.4 Å². The Morgan fingerprint density at radius 1 is 0.622 bits per heavy atom. The molecule has 0 aliphatic carbocycles. The molecule has 2 fully saturated rings. The second kappa shape index (κ2) is 13.5. The van der Waals surface area contributed by atoms with Gasteiger partial charge in [-0.1, -0.05) is 6.07 Å². The Labute approximate surface area is 257 Å². The van der Waals surface area contributed by atoms with Crippen LogP contribution in [0.5, 0.6) is 0 Å². The van der Waals surface area contributed by atoms with Crippen molar-refractivity contribution >= 4 is 23.2 Å². The first kappa shape index (κ1) is 32.3. The summed E-state index contributed by atoms with van der Waals surface area (Å²) in [5.74, 6) is -0.683. The summed E-state index contributed by atoms with van der Waals surface area (Å²) >= 11 is 0. The van der Waals surface area contributed by atoms with E-state index in [9.17, 15) is 35.9 Å². The molecule has 0 atom stereocenters. The first-order chi connectivity index (χ1) is 21.4. The van der Waals surface area contributed by atoms with Crippen molar-refractivity contribution in [1.82, 2.24) is 14.7 Å². The van der Waals surface area contributed by atoms with Crippen LogP contribution in [0.3, 0.4) is 0 Å². The molecular weight excluding hydrogens is 600 g/mol. The minimum Gasteiger partial charge on any atom is -0.369 e. The van der Waals surface area contributed by atoms with E-state index in [0.29, 0.717) is 43.1 Å². The van der Waals surface area contributed by atoms with E-state index in [1.807, 2.05) is 4.90 Å². The molecule has 3 aromatic rings. The maximum atomic E-state index is 13.1. The van der Waals surface area contributed by atoms with Gasteiger partial charge in [0.15, 0.2) is 0 Å². The largest absolute Gasteiger partial charge is 0.416 e. The lowest BCUT2D eigenvalue weighted by Crippen LogP contribution is -2.52. The summed E-state index contributed by atoms with van der Waals surface area (Å²) in [6, 6.07) is 15.8. The fraction of sp³-hybridized carbons (Fsp3) is 0.375. The zero-order valence-electron chi connectivity index (χ0n) is 24.4. The molecule has 13 heteroatoms. The van der Waals surface area contributed by atoms with E-state index in [1.165, 1.54) is 12.1 Å². The number of benzene rings is 3. The van der Waals surface area contributed by atoms with Gasteiger partial charge in [0, 0.05) is 87.9 Å². The third-order valence-electron chi connectivity index (χ3n) is 8.17. The van der Waals surface area contributed by atoms with Crippen molar-refractivity contribution in [2.75, 3.05) is 75.7 Å². The Kier molecular flexibility index (Phi) is 9.68. The molecule has 3 aromatic carbocycles. The number of hydrogen-bond donors (Lipinski definition) is 1. The normalized spacial score (nSPS) is 16.9. The minimum absolute atomic E-state index is 0.0819. The smallest absolute Gasteiger partial charge is 0.369 e. The van der Waals surface area contributed by atoms with Gasteiger partial charge in [-0.3, -0.25) is 19.4 Å². The van der Waals surface area contributed by atoms with E-state index in [1.54, 1.807) is 35.2 Å². The molecule has 1 N–H and O–H groups in total. The van der Waals surface area contributed by atoms with Gasteiger partial charge in [0.2, 0.25) is 0 Å². The zero-order valence-corrected chi connectivity index (χ0v) is 24.4. The van der Waals surface area contributed by atoms with Crippen LogP contribution in [-0.4, -0.2) is 92.0 Å². The SMILES string of the molecule is O=C(Nc1ccc(C(=O)N2CCN(CCN3CCN(c4cccc(C(F)(F)F)c4)CC3)CC2)cc1)c1ccc(C(F)(F)F)cc1. The van der Waals surface area contributed by atoms with Gasteiger partial charge in [0.1, 0.15) is 0 Å². The average molecular weight is 634 g/mol. The quantitative estimate of drug-likeness (QED) is 0.346. The molecule has 2 heterocycles. The van der Waals surface area contributed by atoms with Crippen molar-refractivity contribution in [2.45, 2.75) is 12.4 Å². The number of anilines is 2. The number of hydrogen-bond acceptors (Lipinski definition) is 5. The molecule has 240 valence electrons. The van der Waals surface area contributed by atoms with Gasteiger partial charge in [-0.25, -0.2) is 0 Å². The molecule has 0 unspecified atom stereocenters. The maximum Gasteiger partial charge on any atom is 0.416 e. The lowest BCUT2D eigenvalue weighted by atomic mass is 10.1. The second-order valence-corrected chi connectivity index (χ2v) is 11.1. The lowest BCUT2D eigenvalue weighted by Gasteiger charge is -2.39. The lowest BCUT2D eigenvalue weighted by molar-refractivity contribution is -0.138. The van der Waals surface area contributed by atoms with Gasteiger partial charge in [0.05, 0.1) is 11.1 Å². The Morgan fingerprint density at radius 2 is 1.16 bits per heavy atom. The van der Waals surface area contributed by atoms with Gasteiger partial charge in [-0.2, -0.15) is 26.3 Å². The third kappa shape index (κ3) is 8.34. The van der Waals surface area contributed by atoms with Gasteiger partial charge < -0.3 is 15.1 Å². The van der Waals surface area contributed by atoms with Crippen LogP contribution in [0.15, 0.2) is 72.8 Å². The molecule has 2 aliphatic rings. The van der Waals surface area contributed by atoms with Crippen molar-refractivity contribution < 1.29 is 35.9 Å². The van der Waals surface area contributed by atoms with Crippen LogP contribution in [0.25, 0.3) is 0 Å². The Morgan fingerprint density at radius 3 is 1.71 bits per heavy atom. The summed E-state index contributed by atoms with van der Waals surface area (Å²) < 4.78 is 77.5. The number of rotatable bonds is 7. The van der Waals surface area contributed by atoms with Crippen LogP contribution in [0, 0.1) is 0 Å². The Bertz CT molecular complexity index is 1460. The molecule has 0 spiro atoms. The standard InChI is InChI=1S/C32H33F6N5O2/c33-31(34,35)25-8-4-23(5-9-25)29(44)39-27-10-6-24(7-11-27)30(45)43-20-16-41(17-21-43)13-12-40-14-18-42(19-15-40)28-3-1-2-26(22-28)32(36,37)38/h1-11,22H,12-21H2,(H,39,44). The van der Waals surface area contributed by atoms with Crippen molar-refractivity contribution in [3.05, 3.63) is 95.1 Å². The molecule has 0 radical (unpaired) electrons. The van der Waals surface area contributed by atoms with Gasteiger partial charge in [-0.05, 0) is 66.7 Å². The van der Waals surface area contributed by atoms with Gasteiger partial charge in [0.25, 0.3) is 11.8 Å². The zero-order chi connectivity index (χ0) is 32.2. The predicted octanol–water partition coefficient (Wildman–Crippen LogP) is 5.56. The number of nitrogens with zero attached hydrogens (tertiary/aromatic N) is 4. The van der Waals surface area contributed by atoms with E-state index < -0.39 is 29.4 Å². The highest BCUT2D eigenvalue weighted by atomic mass is 19.4. The van der Waals surface area contributed by atoms with Crippen LogP contribution in [0.2, 0.25) is 0 Å². The topological polar surface area (TPSA) is 59.1 Å². The van der Waals surface area contributed by atoms with Crippen LogP contribution in [0.1, 0.15) is 31.8 Å². The maximum absolute atomic E-state index is 13.1. The van der Waals surface area contributed by atoms with Crippen LogP contribution >= 0.6 is 0 Å². The summed E-state index contributed by atoms with van der Waals surface area (Å²) in [5, 5.41) is 2.63. The van der Waals surface area contributed by atoms with Gasteiger partial charge in [-0.15, -0.1) is 0 Å². The second-order valence-electron chi connectivity index (χ2n) is 11.1. The number of piperazine rings is 2. The van der Waals surface area contributed by atoms with E-state index in [0.717, 1.165) is 69.6 Å². The summed E-state index contributed by atoms with van der Waals surface area (Å²) in [7, 11) is 0. The van der Waals surface area contributed by atoms with Crippen molar-refractivity contribution in [1.29, 1.82) is 0 Å². The van der Waals surface area contributed by atoms with Crippen LogP contribution in [0.4, 0.5) is 37.7 Å². The molecule has 7 nitrogen and oxygen atoms in total. The Hall–Kier alpha value is -4.10. The van der Waals surface area contributed by atoms with E-state index in [4.69, 9.17) is 0 Å². The summed E-state index contributed by atoms with van der Waals surface area (Å²) in [5.41, 5.74) is 0.0736. The van der Waals surface area contributed by atoms with Crippen LogP contribution < -0.4 is 10.2 Å². The highest BCUT2D eigenvalue weighted by Gasteiger charge is 2.32. The number of amides is 2. The molecule has 5 rings (SSSR count). The van der Waals surface area contributed by atoms with Crippen molar-refractivity contribution in [2.24, 2.45) is 0 Å². The highest BCUT2D eigenvalue weighted by Crippen LogP contribution is 2.32. The Balaban J connectivity index is 1.03. The highest BCUT2D eigenvalue weighted by molar-refractivity contribution is 6.04. The monoisotopic (exact) mass is 633 g/mol. The fourth-order valence-electron chi connectivity index (χ4n) is 5.46. The molecule has 45 heavy (non-hydrogen) atoms. The summed E-state index contributed by atoms with van der Waals surface area (Å²) in [4.78, 5) is 33.8. The minimum atomic E-state index is -4.48. The molecule has 2 amide bonds. The molecular formula is C32H33F6N5O2. The van der Waals surface area contributed by atoms with Crippen molar-refractivity contribution in [3.8, 4) is 0 Å². The summed E-state index contributed by atoms with van der Waals surface area (Å²) in [6.07, 6.45) is -8.84. The number of carbonyl (C=O) groups excluding carboxylic acids is 2. The number of nitrogens with one attached hydrogen (secondary N) is 1. The van der Waals surface area contributed by atoms with Crippen LogP contribution in [-0.2, 0) is 12.4 Å². The van der Waals surface area contributed by atoms with E-state index in [2.05, 4.69) is 15.1 Å². The fourth-order valence-corrected chi connectivity index (χ4v) is 5.46. The predicted molar refractivity (Wildman–Crippen MR) is 158 cm³/mol. The molecule has 2 saturated heterocycles.